The third kappa shape index (κ3) is 5.89. The van der Waals surface area contributed by atoms with Crippen molar-refractivity contribution in [3.8, 4) is 11.5 Å². The van der Waals surface area contributed by atoms with Crippen LogP contribution in [0.5, 0.6) is 11.5 Å². The summed E-state index contributed by atoms with van der Waals surface area (Å²) in [6.07, 6.45) is 5.16. The summed E-state index contributed by atoms with van der Waals surface area (Å²) in [6, 6.07) is 25.9. The van der Waals surface area contributed by atoms with Gasteiger partial charge in [-0.05, 0) is 41.0 Å². The van der Waals surface area contributed by atoms with Gasteiger partial charge in [-0.2, -0.15) is 4.98 Å². The highest BCUT2D eigenvalue weighted by Crippen LogP contribution is 2.41. The predicted molar refractivity (Wildman–Crippen MR) is 163 cm³/mol. The molecule has 0 saturated heterocycles. The fourth-order valence-corrected chi connectivity index (χ4v) is 4.76. The third-order valence-electron chi connectivity index (χ3n) is 6.79. The lowest BCUT2D eigenvalue weighted by atomic mass is 9.80. The van der Waals surface area contributed by atoms with E-state index in [9.17, 15) is 4.79 Å². The summed E-state index contributed by atoms with van der Waals surface area (Å²) in [4.78, 5) is 30.0. The van der Waals surface area contributed by atoms with Gasteiger partial charge < -0.3 is 23.7 Å². The van der Waals surface area contributed by atoms with Crippen LogP contribution in [0.2, 0.25) is 0 Å². The Morgan fingerprint density at radius 1 is 0.905 bits per heavy atom. The molecule has 0 atom stereocenters. The molecule has 3 aromatic carbocycles. The molecule has 0 aliphatic rings. The van der Waals surface area contributed by atoms with E-state index in [4.69, 9.17) is 14.2 Å². The van der Waals surface area contributed by atoms with E-state index in [0.29, 0.717) is 12.2 Å². The number of nitrogens with one attached hydrogen (secondary N) is 1. The van der Waals surface area contributed by atoms with Crippen molar-refractivity contribution >= 4 is 23.5 Å². The second kappa shape index (κ2) is 12.7. The molecule has 10 nitrogen and oxygen atoms in total. The first-order chi connectivity index (χ1) is 20.4. The molecule has 0 amide bonds. The molecule has 5 rings (SSSR count). The molecule has 0 aliphatic heterocycles. The van der Waals surface area contributed by atoms with Crippen molar-refractivity contribution in [2.24, 2.45) is 4.99 Å². The number of imidazole rings is 1. The molecule has 2 aromatic heterocycles. The number of aliphatic imine (C=N–C) groups is 1. The number of rotatable bonds is 12. The number of aromatic nitrogens is 4. The van der Waals surface area contributed by atoms with Crippen molar-refractivity contribution in [3.63, 3.8) is 0 Å². The zero-order valence-electron chi connectivity index (χ0n) is 24.0. The smallest absolute Gasteiger partial charge is 0.280 e. The van der Waals surface area contributed by atoms with Crippen LogP contribution in [-0.4, -0.2) is 65.7 Å². The zero-order chi connectivity index (χ0) is 29.5. The number of hydrogen-bond acceptors (Lipinski definition) is 7. The average molecular weight is 566 g/mol. The number of ether oxygens (including phenoxy) is 3. The number of H-pyrrole nitrogens is 1. The second-order valence-electron chi connectivity index (χ2n) is 9.77. The first kappa shape index (κ1) is 28.6. The number of nitrogens with zero attached hydrogens (tertiary/aromatic N) is 5. The summed E-state index contributed by atoms with van der Waals surface area (Å²) in [6.45, 7) is 0.696. The molecular formula is C32H33N6O4. The highest BCUT2D eigenvalue weighted by molar-refractivity contribution is 5.71. The molecule has 215 valence electrons. The van der Waals surface area contributed by atoms with Gasteiger partial charge in [0.05, 0.1) is 33.5 Å². The summed E-state index contributed by atoms with van der Waals surface area (Å²) in [5.41, 5.74) is 2.28. The second-order valence-corrected chi connectivity index (χ2v) is 9.77. The van der Waals surface area contributed by atoms with Crippen molar-refractivity contribution in [1.82, 2.24) is 24.4 Å². The van der Waals surface area contributed by atoms with Crippen LogP contribution in [-0.2, 0) is 16.9 Å². The Hall–Kier alpha value is -4.96. The quantitative estimate of drug-likeness (QED) is 0.102. The van der Waals surface area contributed by atoms with E-state index in [1.807, 2.05) is 87.2 Å². The highest BCUT2D eigenvalue weighted by Gasteiger charge is 2.37. The Morgan fingerprint density at radius 3 is 2.07 bits per heavy atom. The fraction of sp³-hybridized carbons (Fsp3) is 0.219. The van der Waals surface area contributed by atoms with Crippen LogP contribution in [0.3, 0.4) is 0 Å². The molecular weight excluding hydrogens is 532 g/mol. The van der Waals surface area contributed by atoms with Gasteiger partial charge in [0.2, 0.25) is 5.95 Å². The fourth-order valence-electron chi connectivity index (χ4n) is 4.76. The van der Waals surface area contributed by atoms with Gasteiger partial charge in [-0.15, -0.1) is 0 Å². The summed E-state index contributed by atoms with van der Waals surface area (Å²) in [5, 5.41) is 0. The molecule has 1 N–H and O–H groups in total. The third-order valence-corrected chi connectivity index (χ3v) is 6.79. The van der Waals surface area contributed by atoms with Crippen LogP contribution < -0.4 is 15.0 Å². The highest BCUT2D eigenvalue weighted by atomic mass is 16.5. The number of benzene rings is 3. The zero-order valence-corrected chi connectivity index (χ0v) is 24.0. The first-order valence-electron chi connectivity index (χ1n) is 13.4. The maximum atomic E-state index is 12.6. The standard InChI is InChI=1S/C32H33N6O4/c1-37(2)21-34-31-35-29-28(30(39)36-31)33-22-38(29)19-8-20-42-32(23-9-6-5-7-10-23,24-11-15-26(40-3)16-12-24)25-13-17-27(41-4)18-14-25/h5-18,21-22H,19-20H2,1-4H3,(H,35,36,39). The number of hydrogen-bond donors (Lipinski definition) is 1. The van der Waals surface area contributed by atoms with Gasteiger partial charge in [-0.25, -0.2) is 9.98 Å². The van der Waals surface area contributed by atoms with Gasteiger partial charge in [-0.1, -0.05) is 54.6 Å². The molecule has 0 bridgehead atoms. The maximum Gasteiger partial charge on any atom is 0.280 e. The molecule has 5 aromatic rings. The number of methoxy groups -OCH3 is 2. The Balaban J connectivity index is 1.47. The lowest BCUT2D eigenvalue weighted by Gasteiger charge is -2.36. The van der Waals surface area contributed by atoms with Gasteiger partial charge in [0.25, 0.3) is 5.56 Å². The van der Waals surface area contributed by atoms with E-state index in [-0.39, 0.29) is 23.6 Å². The van der Waals surface area contributed by atoms with E-state index >= 15 is 0 Å². The normalized spacial score (nSPS) is 11.7. The van der Waals surface area contributed by atoms with Crippen molar-refractivity contribution in [2.45, 2.75) is 12.1 Å². The van der Waals surface area contributed by atoms with Crippen molar-refractivity contribution in [3.05, 3.63) is 119 Å². The topological polar surface area (TPSA) is 107 Å². The minimum Gasteiger partial charge on any atom is -0.497 e. The molecule has 42 heavy (non-hydrogen) atoms. The Kier molecular flexibility index (Phi) is 8.63. The summed E-state index contributed by atoms with van der Waals surface area (Å²) < 4.78 is 19.5. The van der Waals surface area contributed by atoms with E-state index in [2.05, 4.69) is 32.1 Å². The summed E-state index contributed by atoms with van der Waals surface area (Å²) in [5.74, 6) is 1.72. The van der Waals surface area contributed by atoms with Crippen LogP contribution in [0.1, 0.15) is 16.7 Å². The molecule has 0 aliphatic carbocycles. The molecule has 10 heteroatoms. The van der Waals surface area contributed by atoms with Gasteiger partial charge in [0, 0.05) is 27.1 Å². The van der Waals surface area contributed by atoms with E-state index in [1.165, 1.54) is 0 Å². The molecule has 0 spiro atoms. The predicted octanol–water partition coefficient (Wildman–Crippen LogP) is 4.57. The van der Waals surface area contributed by atoms with Gasteiger partial charge >= 0.3 is 0 Å². The molecule has 2 heterocycles. The van der Waals surface area contributed by atoms with Gasteiger partial charge in [0.1, 0.15) is 17.1 Å². The van der Waals surface area contributed by atoms with Crippen molar-refractivity contribution < 1.29 is 14.2 Å². The summed E-state index contributed by atoms with van der Waals surface area (Å²) >= 11 is 0. The molecule has 1 radical (unpaired) electrons. The van der Waals surface area contributed by atoms with Crippen LogP contribution in [0.15, 0.2) is 95.0 Å². The monoisotopic (exact) mass is 565 g/mol. The van der Waals surface area contributed by atoms with Crippen LogP contribution in [0, 0.1) is 6.42 Å². The number of aromatic amines is 1. The molecule has 0 saturated carbocycles. The van der Waals surface area contributed by atoms with Crippen molar-refractivity contribution in [1.29, 1.82) is 0 Å². The Bertz CT molecular complexity index is 1650. The van der Waals surface area contributed by atoms with E-state index < -0.39 is 5.60 Å². The number of fused-ring (bicyclic) bond motifs is 1. The van der Waals surface area contributed by atoms with Crippen LogP contribution in [0.4, 0.5) is 5.95 Å². The van der Waals surface area contributed by atoms with E-state index in [0.717, 1.165) is 28.2 Å². The SMILES string of the molecule is COc1ccc(C(OC[CH]Cn2cnc3c(=O)[nH]c(N=CN(C)C)nc32)(c2ccccc2)c2ccc(OC)cc2)cc1. The maximum absolute atomic E-state index is 12.6. The first-order valence-corrected chi connectivity index (χ1v) is 13.4. The largest absolute Gasteiger partial charge is 0.497 e. The Labute approximate surface area is 244 Å². The Morgan fingerprint density at radius 2 is 1.50 bits per heavy atom. The van der Waals surface area contributed by atoms with Crippen LogP contribution >= 0.6 is 0 Å². The molecule has 0 fully saturated rings. The van der Waals surface area contributed by atoms with Crippen molar-refractivity contribution in [2.75, 3.05) is 34.9 Å². The van der Waals surface area contributed by atoms with Crippen LogP contribution in [0.25, 0.3) is 11.2 Å². The van der Waals surface area contributed by atoms with Gasteiger partial charge in [-0.3, -0.25) is 9.78 Å². The lowest BCUT2D eigenvalue weighted by Crippen LogP contribution is -2.33. The molecule has 0 unspecified atom stereocenters. The minimum atomic E-state index is -0.934. The summed E-state index contributed by atoms with van der Waals surface area (Å²) in [7, 11) is 6.97. The average Bonchev–Trinajstić information content (AvgIpc) is 3.44. The van der Waals surface area contributed by atoms with Gasteiger partial charge in [0.15, 0.2) is 11.2 Å². The van der Waals surface area contributed by atoms with E-state index in [1.54, 1.807) is 36.4 Å². The lowest BCUT2D eigenvalue weighted by molar-refractivity contribution is 0.0248. The minimum absolute atomic E-state index is 0.210.